The van der Waals surface area contributed by atoms with Crippen LogP contribution in [0, 0.1) is 0 Å². The summed E-state index contributed by atoms with van der Waals surface area (Å²) >= 11 is -2.13. The predicted octanol–water partition coefficient (Wildman–Crippen LogP) is 8.56. The zero-order valence-corrected chi connectivity index (χ0v) is 24.0. The SMILES string of the molecule is CC1=[C]([Zr]([C]2=C(C)Cc3ccc4ccccc4c32)=[Si](C)C)c2c(ccc3ccccc23)C1.Cl. The summed E-state index contributed by atoms with van der Waals surface area (Å²) in [4.78, 5) is 0. The maximum absolute atomic E-state index is 2.60. The van der Waals surface area contributed by atoms with Crippen LogP contribution in [0.3, 0.4) is 0 Å². The Hall–Kier alpha value is -1.73. The molecule has 0 N–H and O–H groups in total. The molecule has 164 valence electrons. The number of benzene rings is 4. The monoisotopic (exact) mass is 542 g/mol. The second-order valence-corrected chi connectivity index (χ2v) is 26.3. The maximum atomic E-state index is 2.60. The molecule has 0 aromatic heterocycles. The number of halogens is 1. The molecule has 0 bridgehead atoms. The number of rotatable bonds is 2. The molecule has 3 heteroatoms. The van der Waals surface area contributed by atoms with E-state index in [1.807, 2.05) is 6.56 Å². The first kappa shape index (κ1) is 23.0. The van der Waals surface area contributed by atoms with Crippen LogP contribution in [-0.2, 0) is 33.2 Å². The zero-order chi connectivity index (χ0) is 22.0. The minimum Gasteiger partial charge on any atom is -0.147 e. The second kappa shape index (κ2) is 8.81. The van der Waals surface area contributed by atoms with Crippen molar-refractivity contribution in [3.05, 3.63) is 106 Å². The van der Waals surface area contributed by atoms with E-state index in [0.717, 1.165) is 12.8 Å². The van der Waals surface area contributed by atoms with Gasteiger partial charge in [0.1, 0.15) is 0 Å². The van der Waals surface area contributed by atoms with Gasteiger partial charge in [-0.05, 0) is 0 Å². The summed E-state index contributed by atoms with van der Waals surface area (Å²) in [7, 11) is 0. The van der Waals surface area contributed by atoms with Crippen molar-refractivity contribution in [2.24, 2.45) is 0 Å². The number of hydrogen-bond acceptors (Lipinski definition) is 0. The summed E-state index contributed by atoms with van der Waals surface area (Å²) < 4.78 is 3.65. The summed E-state index contributed by atoms with van der Waals surface area (Å²) in [5.41, 5.74) is 9.24. The van der Waals surface area contributed by atoms with Gasteiger partial charge in [0, 0.05) is 0 Å². The first-order chi connectivity index (χ1) is 15.5. The Kier molecular flexibility index (Phi) is 6.15. The van der Waals surface area contributed by atoms with Gasteiger partial charge in [-0.2, -0.15) is 0 Å². The van der Waals surface area contributed by atoms with E-state index in [1.165, 1.54) is 21.5 Å². The van der Waals surface area contributed by atoms with E-state index in [-0.39, 0.29) is 12.4 Å². The molecule has 33 heavy (non-hydrogen) atoms. The summed E-state index contributed by atoms with van der Waals surface area (Å²) in [5, 5.41) is 5.75. The van der Waals surface area contributed by atoms with Gasteiger partial charge in [-0.1, -0.05) is 0 Å². The van der Waals surface area contributed by atoms with Gasteiger partial charge < -0.3 is 0 Å². The first-order valence-corrected chi connectivity index (χ1v) is 20.3. The minimum atomic E-state index is -2.13. The zero-order valence-electron chi connectivity index (χ0n) is 19.8. The largest absolute Gasteiger partial charge is 0.147 e. The Labute approximate surface area is 211 Å². The van der Waals surface area contributed by atoms with Gasteiger partial charge in [0.2, 0.25) is 0 Å². The van der Waals surface area contributed by atoms with E-state index >= 15 is 0 Å². The number of fused-ring (bicyclic) bond motifs is 6. The van der Waals surface area contributed by atoms with Crippen molar-refractivity contribution < 1.29 is 20.4 Å². The van der Waals surface area contributed by atoms with Crippen LogP contribution in [0.4, 0.5) is 0 Å². The quantitative estimate of drug-likeness (QED) is 0.222. The van der Waals surface area contributed by atoms with Gasteiger partial charge in [-0.3, -0.25) is 0 Å². The molecule has 6 rings (SSSR count). The molecule has 4 aromatic carbocycles. The van der Waals surface area contributed by atoms with Gasteiger partial charge in [0.15, 0.2) is 0 Å². The molecule has 0 nitrogen and oxygen atoms in total. The van der Waals surface area contributed by atoms with Crippen LogP contribution in [0.25, 0.3) is 28.1 Å². The Morgan fingerprint density at radius 1 is 0.606 bits per heavy atom. The van der Waals surface area contributed by atoms with E-state index in [9.17, 15) is 0 Å². The van der Waals surface area contributed by atoms with E-state index in [4.69, 9.17) is 0 Å². The molecule has 4 aromatic rings. The number of hydrogen-bond donors (Lipinski definition) is 0. The van der Waals surface area contributed by atoms with Crippen LogP contribution in [-0.4, -0.2) is 5.43 Å². The molecule has 0 heterocycles. The van der Waals surface area contributed by atoms with E-state index in [0.29, 0.717) is 0 Å². The first-order valence-electron chi connectivity index (χ1n) is 11.6. The predicted molar refractivity (Wildman–Crippen MR) is 145 cm³/mol. The van der Waals surface area contributed by atoms with E-state index in [2.05, 4.69) is 99.7 Å². The molecule has 0 unspecified atom stereocenters. The van der Waals surface area contributed by atoms with Crippen LogP contribution in [0.1, 0.15) is 36.1 Å². The van der Waals surface area contributed by atoms with Crippen molar-refractivity contribution in [2.75, 3.05) is 0 Å². The third-order valence-corrected chi connectivity index (χ3v) is 24.4. The normalized spacial score (nSPS) is 14.5. The maximum Gasteiger partial charge on any atom is -0.147 e. The molecule has 2 aliphatic rings. The van der Waals surface area contributed by atoms with Crippen LogP contribution >= 0.6 is 12.4 Å². The van der Waals surface area contributed by atoms with Crippen LogP contribution in [0.5, 0.6) is 0 Å². The van der Waals surface area contributed by atoms with Crippen molar-refractivity contribution in [2.45, 2.75) is 39.8 Å². The smallest absolute Gasteiger partial charge is 0.147 e. The van der Waals surface area contributed by atoms with Gasteiger partial charge in [-0.15, -0.1) is 12.4 Å². The third kappa shape index (κ3) is 3.57. The fraction of sp³-hybridized carbons (Fsp3) is 0.200. The van der Waals surface area contributed by atoms with Crippen molar-refractivity contribution in [3.63, 3.8) is 0 Å². The van der Waals surface area contributed by atoms with Gasteiger partial charge in [0.05, 0.1) is 0 Å². The molecule has 0 radical (unpaired) electrons. The fourth-order valence-corrected chi connectivity index (χ4v) is 24.2. The van der Waals surface area contributed by atoms with Crippen molar-refractivity contribution >= 4 is 45.9 Å². The molecular formula is C30H29ClSiZr. The second-order valence-electron chi connectivity index (χ2n) is 9.68. The molecule has 0 amide bonds. The summed E-state index contributed by atoms with van der Waals surface area (Å²) in [6, 6.07) is 27.6. The molecule has 0 atom stereocenters. The van der Waals surface area contributed by atoms with Crippen molar-refractivity contribution in [3.8, 4) is 0 Å². The Morgan fingerprint density at radius 2 is 1.03 bits per heavy atom. The van der Waals surface area contributed by atoms with E-state index < -0.39 is 25.8 Å². The standard InChI is InChI=1S/2C14H11.C2H6Si.ClH.Zr/c2*1-10-8-12-7-6-11-4-2-3-5-13(11)14(12)9-10;1-3-2;;/h2*2-7H,8H2,1H3;1-2H3;1H;. The van der Waals surface area contributed by atoms with Crippen LogP contribution in [0.15, 0.2) is 83.9 Å². The molecular weight excluding hydrogens is 515 g/mol. The van der Waals surface area contributed by atoms with Crippen LogP contribution < -0.4 is 0 Å². The number of allylic oxidation sites excluding steroid dienone is 2. The van der Waals surface area contributed by atoms with Gasteiger partial charge in [0.25, 0.3) is 0 Å². The molecule has 0 aliphatic heterocycles. The van der Waals surface area contributed by atoms with Gasteiger partial charge >= 0.3 is 200 Å². The summed E-state index contributed by atoms with van der Waals surface area (Å²) in [5.74, 6) is 0. The topological polar surface area (TPSA) is 0 Å². The minimum absolute atomic E-state index is 0. The average molecular weight is 544 g/mol. The molecule has 0 fully saturated rings. The fourth-order valence-electron chi connectivity index (χ4n) is 6.00. The Bertz CT molecular complexity index is 1440. The summed E-state index contributed by atoms with van der Waals surface area (Å²) in [6.45, 7) is 10.1. The Morgan fingerprint density at radius 3 is 1.45 bits per heavy atom. The van der Waals surface area contributed by atoms with Crippen molar-refractivity contribution in [1.82, 2.24) is 0 Å². The molecule has 0 spiro atoms. The third-order valence-electron chi connectivity index (χ3n) is 7.30. The average Bonchev–Trinajstić information content (AvgIpc) is 3.31. The molecule has 2 aliphatic carbocycles. The van der Waals surface area contributed by atoms with Crippen LogP contribution in [0.2, 0.25) is 13.1 Å². The Balaban J connectivity index is 0.00000228. The van der Waals surface area contributed by atoms with Gasteiger partial charge in [-0.25, -0.2) is 0 Å². The van der Waals surface area contributed by atoms with Crippen molar-refractivity contribution in [1.29, 1.82) is 0 Å². The molecule has 0 saturated heterocycles. The summed E-state index contributed by atoms with van der Waals surface area (Å²) in [6.07, 6.45) is 2.28. The molecule has 0 saturated carbocycles. The van der Waals surface area contributed by atoms with E-state index in [1.54, 1.807) is 33.4 Å².